The molecule has 0 saturated heterocycles. The quantitative estimate of drug-likeness (QED) is 0.315. The van der Waals surface area contributed by atoms with E-state index in [2.05, 4.69) is 36.4 Å². The molecule has 31 heavy (non-hydrogen) atoms. The van der Waals surface area contributed by atoms with E-state index in [1.165, 1.54) is 5.56 Å². The summed E-state index contributed by atoms with van der Waals surface area (Å²) >= 11 is 0. The molecule has 0 unspecified atom stereocenters. The van der Waals surface area contributed by atoms with E-state index in [0.29, 0.717) is 11.4 Å². The first-order valence-corrected chi connectivity index (χ1v) is 10.1. The summed E-state index contributed by atoms with van der Waals surface area (Å²) in [5.41, 5.74) is 19.5. The van der Waals surface area contributed by atoms with E-state index >= 15 is 0 Å². The molecule has 0 atom stereocenters. The maximum atomic E-state index is 6.43. The SMILES string of the molecule is COc1ccc(N)c(C(c2ccc(-c3ccccc3)cc2)c2cc(OC)ccc2N)c1. The third-order valence-corrected chi connectivity index (χ3v) is 5.56. The van der Waals surface area contributed by atoms with Crippen molar-refractivity contribution >= 4 is 11.4 Å². The molecular weight excluding hydrogens is 384 g/mol. The maximum Gasteiger partial charge on any atom is 0.119 e. The van der Waals surface area contributed by atoms with Crippen LogP contribution in [-0.4, -0.2) is 14.2 Å². The summed E-state index contributed by atoms with van der Waals surface area (Å²) < 4.78 is 10.9. The normalized spacial score (nSPS) is 10.8. The van der Waals surface area contributed by atoms with Gasteiger partial charge in [-0.05, 0) is 64.2 Å². The highest BCUT2D eigenvalue weighted by Crippen LogP contribution is 2.41. The van der Waals surface area contributed by atoms with Gasteiger partial charge in [-0.25, -0.2) is 0 Å². The van der Waals surface area contributed by atoms with Crippen molar-refractivity contribution in [2.24, 2.45) is 0 Å². The van der Waals surface area contributed by atoms with Crippen LogP contribution in [0.4, 0.5) is 11.4 Å². The molecule has 4 N–H and O–H groups in total. The summed E-state index contributed by atoms with van der Waals surface area (Å²) in [6.07, 6.45) is 0. The second-order valence-corrected chi connectivity index (χ2v) is 7.41. The lowest BCUT2D eigenvalue weighted by atomic mass is 9.82. The number of nitrogen functional groups attached to an aromatic ring is 2. The van der Waals surface area contributed by atoms with E-state index in [0.717, 1.165) is 33.8 Å². The van der Waals surface area contributed by atoms with Crippen molar-refractivity contribution in [3.8, 4) is 22.6 Å². The summed E-state index contributed by atoms with van der Waals surface area (Å²) in [4.78, 5) is 0. The number of ether oxygens (including phenoxy) is 2. The Morgan fingerprint density at radius 2 is 1.06 bits per heavy atom. The molecule has 0 bridgehead atoms. The molecule has 0 heterocycles. The third-order valence-electron chi connectivity index (χ3n) is 5.56. The fourth-order valence-electron chi connectivity index (χ4n) is 3.88. The van der Waals surface area contributed by atoms with Gasteiger partial charge in [-0.2, -0.15) is 0 Å². The van der Waals surface area contributed by atoms with Crippen LogP contribution in [0.3, 0.4) is 0 Å². The Bertz CT molecular complexity index is 1120. The van der Waals surface area contributed by atoms with E-state index in [4.69, 9.17) is 20.9 Å². The summed E-state index contributed by atoms with van der Waals surface area (Å²) in [6, 6.07) is 30.3. The highest BCUT2D eigenvalue weighted by molar-refractivity contribution is 5.67. The Morgan fingerprint density at radius 1 is 0.581 bits per heavy atom. The van der Waals surface area contributed by atoms with E-state index in [-0.39, 0.29) is 5.92 Å². The van der Waals surface area contributed by atoms with Gasteiger partial charge in [0, 0.05) is 17.3 Å². The van der Waals surface area contributed by atoms with Crippen molar-refractivity contribution in [2.45, 2.75) is 5.92 Å². The fourth-order valence-corrected chi connectivity index (χ4v) is 3.88. The van der Waals surface area contributed by atoms with E-state index in [1.54, 1.807) is 14.2 Å². The monoisotopic (exact) mass is 410 g/mol. The molecule has 0 aliphatic rings. The van der Waals surface area contributed by atoms with Crippen molar-refractivity contribution in [1.29, 1.82) is 0 Å². The van der Waals surface area contributed by atoms with Crippen LogP contribution in [0, 0.1) is 0 Å². The largest absolute Gasteiger partial charge is 0.497 e. The van der Waals surface area contributed by atoms with Crippen molar-refractivity contribution in [3.63, 3.8) is 0 Å². The first-order valence-electron chi connectivity index (χ1n) is 10.1. The van der Waals surface area contributed by atoms with Crippen LogP contribution in [0.15, 0.2) is 91.0 Å². The molecule has 156 valence electrons. The molecule has 0 spiro atoms. The van der Waals surface area contributed by atoms with Crippen molar-refractivity contribution in [2.75, 3.05) is 25.7 Å². The molecule has 0 aromatic heterocycles. The Balaban J connectivity index is 1.87. The Hall–Kier alpha value is -3.92. The van der Waals surface area contributed by atoms with Crippen LogP contribution in [0.1, 0.15) is 22.6 Å². The number of rotatable bonds is 6. The maximum absolute atomic E-state index is 6.43. The predicted octanol–water partition coefficient (Wildman–Crippen LogP) is 5.72. The van der Waals surface area contributed by atoms with Gasteiger partial charge in [0.2, 0.25) is 0 Å². The van der Waals surface area contributed by atoms with Crippen LogP contribution in [0.25, 0.3) is 11.1 Å². The van der Waals surface area contributed by atoms with E-state index < -0.39 is 0 Å². The van der Waals surface area contributed by atoms with E-state index in [9.17, 15) is 0 Å². The molecule has 0 aliphatic heterocycles. The minimum Gasteiger partial charge on any atom is -0.497 e. The lowest BCUT2D eigenvalue weighted by molar-refractivity contribution is 0.413. The number of nitrogens with two attached hydrogens (primary N) is 2. The minimum absolute atomic E-state index is 0.171. The minimum atomic E-state index is -0.171. The zero-order valence-electron chi connectivity index (χ0n) is 17.7. The molecule has 0 amide bonds. The highest BCUT2D eigenvalue weighted by atomic mass is 16.5. The molecule has 4 heteroatoms. The first kappa shape index (κ1) is 20.4. The lowest BCUT2D eigenvalue weighted by Crippen LogP contribution is -2.10. The van der Waals surface area contributed by atoms with Crippen LogP contribution < -0.4 is 20.9 Å². The van der Waals surface area contributed by atoms with Crippen LogP contribution >= 0.6 is 0 Å². The van der Waals surface area contributed by atoms with Crippen LogP contribution in [0.2, 0.25) is 0 Å². The topological polar surface area (TPSA) is 70.5 Å². The summed E-state index contributed by atoms with van der Waals surface area (Å²) in [6.45, 7) is 0. The number of methoxy groups -OCH3 is 2. The van der Waals surface area contributed by atoms with Gasteiger partial charge in [0.15, 0.2) is 0 Å². The molecule has 0 aliphatic carbocycles. The number of hydrogen-bond acceptors (Lipinski definition) is 4. The van der Waals surface area contributed by atoms with E-state index in [1.807, 2.05) is 54.6 Å². The molecule has 0 saturated carbocycles. The average molecular weight is 411 g/mol. The number of hydrogen-bond donors (Lipinski definition) is 2. The summed E-state index contributed by atoms with van der Waals surface area (Å²) in [5, 5.41) is 0. The molecule has 4 rings (SSSR count). The summed E-state index contributed by atoms with van der Waals surface area (Å²) in [5.74, 6) is 1.32. The second kappa shape index (κ2) is 8.84. The van der Waals surface area contributed by atoms with Crippen LogP contribution in [0.5, 0.6) is 11.5 Å². The van der Waals surface area contributed by atoms with Gasteiger partial charge in [0.25, 0.3) is 0 Å². The van der Waals surface area contributed by atoms with Gasteiger partial charge >= 0.3 is 0 Å². The van der Waals surface area contributed by atoms with Crippen molar-refractivity contribution in [1.82, 2.24) is 0 Å². The Morgan fingerprint density at radius 3 is 1.55 bits per heavy atom. The molecule has 4 aromatic carbocycles. The average Bonchev–Trinajstić information content (AvgIpc) is 2.82. The third kappa shape index (κ3) is 4.19. The molecule has 4 nitrogen and oxygen atoms in total. The van der Waals surface area contributed by atoms with Gasteiger partial charge in [0.05, 0.1) is 14.2 Å². The van der Waals surface area contributed by atoms with Gasteiger partial charge in [-0.15, -0.1) is 0 Å². The first-order chi connectivity index (χ1) is 15.1. The van der Waals surface area contributed by atoms with Gasteiger partial charge in [-0.1, -0.05) is 54.6 Å². The Labute approximate surface area is 183 Å². The highest BCUT2D eigenvalue weighted by Gasteiger charge is 2.23. The molecule has 0 radical (unpaired) electrons. The summed E-state index contributed by atoms with van der Waals surface area (Å²) in [7, 11) is 3.30. The van der Waals surface area contributed by atoms with Gasteiger partial charge in [0.1, 0.15) is 11.5 Å². The van der Waals surface area contributed by atoms with Crippen molar-refractivity contribution in [3.05, 3.63) is 108 Å². The predicted molar refractivity (Wildman–Crippen MR) is 128 cm³/mol. The van der Waals surface area contributed by atoms with Crippen molar-refractivity contribution < 1.29 is 9.47 Å². The van der Waals surface area contributed by atoms with Gasteiger partial charge in [-0.3, -0.25) is 0 Å². The molecule has 0 fully saturated rings. The number of benzene rings is 4. The molecule has 4 aromatic rings. The van der Waals surface area contributed by atoms with Crippen LogP contribution in [-0.2, 0) is 0 Å². The second-order valence-electron chi connectivity index (χ2n) is 7.41. The lowest BCUT2D eigenvalue weighted by Gasteiger charge is -2.23. The number of anilines is 2. The zero-order valence-corrected chi connectivity index (χ0v) is 17.7. The molecular formula is C27H26N2O2. The smallest absolute Gasteiger partial charge is 0.119 e. The van der Waals surface area contributed by atoms with Gasteiger partial charge < -0.3 is 20.9 Å². The standard InChI is InChI=1S/C27H26N2O2/c1-30-21-12-14-25(28)23(16-21)27(24-17-22(31-2)13-15-26(24)29)20-10-8-19(9-11-20)18-6-4-3-5-7-18/h3-17,27H,28-29H2,1-2H3. The fraction of sp³-hybridized carbons (Fsp3) is 0.111. The Kier molecular flexibility index (Phi) is 5.80. The zero-order chi connectivity index (χ0) is 21.8.